The van der Waals surface area contributed by atoms with Crippen LogP contribution in [0.15, 0.2) is 54.6 Å². The lowest BCUT2D eigenvalue weighted by atomic mass is 10.1. The molecule has 1 aliphatic heterocycles. The SMILES string of the molecule is O=C(Cc1ccc([N+](=O)[O-])cc1)NCC1CC(=O)N(Cc2ccccc2)C1. The zero-order valence-corrected chi connectivity index (χ0v) is 14.8. The van der Waals surface area contributed by atoms with Gasteiger partial charge in [0, 0.05) is 44.1 Å². The van der Waals surface area contributed by atoms with E-state index < -0.39 is 4.92 Å². The third-order valence-electron chi connectivity index (χ3n) is 4.61. The van der Waals surface area contributed by atoms with E-state index in [2.05, 4.69) is 5.32 Å². The first kappa shape index (κ1) is 18.6. The molecule has 1 heterocycles. The molecule has 1 fully saturated rings. The van der Waals surface area contributed by atoms with Gasteiger partial charge in [-0.1, -0.05) is 42.5 Å². The molecule has 7 nitrogen and oxygen atoms in total. The lowest BCUT2D eigenvalue weighted by molar-refractivity contribution is -0.384. The maximum absolute atomic E-state index is 12.2. The Morgan fingerprint density at radius 1 is 1.11 bits per heavy atom. The first-order chi connectivity index (χ1) is 13.0. The van der Waals surface area contributed by atoms with E-state index in [1.54, 1.807) is 12.1 Å². The summed E-state index contributed by atoms with van der Waals surface area (Å²) in [6.45, 7) is 1.67. The van der Waals surface area contributed by atoms with Crippen LogP contribution in [0.1, 0.15) is 17.5 Å². The fourth-order valence-corrected chi connectivity index (χ4v) is 3.19. The molecule has 1 saturated heterocycles. The summed E-state index contributed by atoms with van der Waals surface area (Å²) in [4.78, 5) is 36.3. The topological polar surface area (TPSA) is 92.5 Å². The van der Waals surface area contributed by atoms with Crippen LogP contribution in [-0.2, 0) is 22.6 Å². The van der Waals surface area contributed by atoms with E-state index in [1.807, 2.05) is 35.2 Å². The van der Waals surface area contributed by atoms with Crippen molar-refractivity contribution in [2.24, 2.45) is 5.92 Å². The van der Waals surface area contributed by atoms with Crippen LogP contribution >= 0.6 is 0 Å². The molecular weight excluding hydrogens is 346 g/mol. The average Bonchev–Trinajstić information content (AvgIpc) is 3.01. The predicted molar refractivity (Wildman–Crippen MR) is 99.8 cm³/mol. The molecule has 1 unspecified atom stereocenters. The molecule has 140 valence electrons. The quantitative estimate of drug-likeness (QED) is 0.600. The van der Waals surface area contributed by atoms with Crippen molar-refractivity contribution < 1.29 is 14.5 Å². The van der Waals surface area contributed by atoms with Crippen LogP contribution in [0.4, 0.5) is 5.69 Å². The highest BCUT2D eigenvalue weighted by molar-refractivity contribution is 5.80. The maximum atomic E-state index is 12.2. The summed E-state index contributed by atoms with van der Waals surface area (Å²) in [6, 6.07) is 15.8. The highest BCUT2D eigenvalue weighted by Crippen LogP contribution is 2.19. The Hall–Kier alpha value is -3.22. The number of hydrogen-bond acceptors (Lipinski definition) is 4. The number of nitrogens with zero attached hydrogens (tertiary/aromatic N) is 2. The van der Waals surface area contributed by atoms with Crippen molar-refractivity contribution in [2.45, 2.75) is 19.4 Å². The standard InChI is InChI=1S/C20H21N3O4/c24-19(10-15-6-8-18(9-7-15)23(26)27)21-12-17-11-20(25)22(14-17)13-16-4-2-1-3-5-16/h1-9,17H,10-14H2,(H,21,24). The molecule has 2 aromatic carbocycles. The van der Waals surface area contributed by atoms with Crippen LogP contribution in [0.25, 0.3) is 0 Å². The van der Waals surface area contributed by atoms with Crippen LogP contribution in [0, 0.1) is 16.0 Å². The minimum atomic E-state index is -0.470. The Bertz CT molecular complexity index is 821. The number of likely N-dealkylation sites (tertiary alicyclic amines) is 1. The molecule has 3 rings (SSSR count). The second-order valence-electron chi connectivity index (χ2n) is 6.73. The van der Waals surface area contributed by atoms with E-state index in [1.165, 1.54) is 12.1 Å². The number of benzene rings is 2. The molecule has 0 spiro atoms. The summed E-state index contributed by atoms with van der Waals surface area (Å²) in [6.07, 6.45) is 0.594. The summed E-state index contributed by atoms with van der Waals surface area (Å²) in [5.74, 6) is 0.0494. The molecule has 1 N–H and O–H groups in total. The maximum Gasteiger partial charge on any atom is 0.269 e. The Labute approximate surface area is 157 Å². The van der Waals surface area contributed by atoms with E-state index in [-0.39, 0.29) is 29.8 Å². The minimum Gasteiger partial charge on any atom is -0.355 e. The number of nitrogens with one attached hydrogen (secondary N) is 1. The minimum absolute atomic E-state index is 0.00198. The van der Waals surface area contributed by atoms with Gasteiger partial charge in [-0.15, -0.1) is 0 Å². The molecule has 0 aromatic heterocycles. The van der Waals surface area contributed by atoms with Gasteiger partial charge in [-0.2, -0.15) is 0 Å². The number of non-ortho nitro benzene ring substituents is 1. The molecule has 2 aromatic rings. The Balaban J connectivity index is 1.45. The number of carbonyl (C=O) groups is 2. The van der Waals surface area contributed by atoms with Gasteiger partial charge < -0.3 is 10.2 Å². The van der Waals surface area contributed by atoms with Crippen molar-refractivity contribution in [2.75, 3.05) is 13.1 Å². The Morgan fingerprint density at radius 2 is 1.81 bits per heavy atom. The Kier molecular flexibility index (Phi) is 5.80. The van der Waals surface area contributed by atoms with Crippen molar-refractivity contribution in [1.29, 1.82) is 0 Å². The molecular formula is C20H21N3O4. The zero-order valence-electron chi connectivity index (χ0n) is 14.8. The molecule has 0 radical (unpaired) electrons. The molecule has 1 atom stereocenters. The van der Waals surface area contributed by atoms with Gasteiger partial charge in [-0.3, -0.25) is 19.7 Å². The lowest BCUT2D eigenvalue weighted by Crippen LogP contribution is -2.32. The highest BCUT2D eigenvalue weighted by atomic mass is 16.6. The zero-order chi connectivity index (χ0) is 19.2. The molecule has 0 saturated carbocycles. The first-order valence-electron chi connectivity index (χ1n) is 8.83. The van der Waals surface area contributed by atoms with E-state index in [9.17, 15) is 19.7 Å². The molecule has 7 heteroatoms. The third-order valence-corrected chi connectivity index (χ3v) is 4.61. The molecule has 0 aliphatic carbocycles. The Morgan fingerprint density at radius 3 is 2.48 bits per heavy atom. The van der Waals surface area contributed by atoms with Crippen molar-refractivity contribution in [3.05, 3.63) is 75.8 Å². The lowest BCUT2D eigenvalue weighted by Gasteiger charge is -2.17. The fourth-order valence-electron chi connectivity index (χ4n) is 3.19. The fraction of sp³-hybridized carbons (Fsp3) is 0.300. The van der Waals surface area contributed by atoms with Gasteiger partial charge in [0.15, 0.2) is 0 Å². The van der Waals surface area contributed by atoms with Gasteiger partial charge >= 0.3 is 0 Å². The molecule has 0 bridgehead atoms. The third kappa shape index (κ3) is 5.13. The molecule has 2 amide bonds. The van der Waals surface area contributed by atoms with Crippen LogP contribution in [0.5, 0.6) is 0 Å². The number of hydrogen-bond donors (Lipinski definition) is 1. The first-order valence-corrected chi connectivity index (χ1v) is 8.83. The van der Waals surface area contributed by atoms with Gasteiger partial charge in [0.1, 0.15) is 0 Å². The van der Waals surface area contributed by atoms with Crippen molar-refractivity contribution in [3.8, 4) is 0 Å². The van der Waals surface area contributed by atoms with Gasteiger partial charge in [0.2, 0.25) is 11.8 Å². The predicted octanol–water partition coefficient (Wildman–Crippen LogP) is 2.30. The van der Waals surface area contributed by atoms with E-state index in [0.29, 0.717) is 31.6 Å². The number of rotatable bonds is 7. The summed E-state index contributed by atoms with van der Waals surface area (Å²) < 4.78 is 0. The summed E-state index contributed by atoms with van der Waals surface area (Å²) in [5.41, 5.74) is 1.81. The normalized spacial score (nSPS) is 16.4. The average molecular weight is 367 g/mol. The molecule has 1 aliphatic rings. The summed E-state index contributed by atoms with van der Waals surface area (Å²) in [5, 5.41) is 13.5. The smallest absolute Gasteiger partial charge is 0.269 e. The number of carbonyl (C=O) groups excluding carboxylic acids is 2. The van der Waals surface area contributed by atoms with Crippen LogP contribution in [0.2, 0.25) is 0 Å². The van der Waals surface area contributed by atoms with Crippen LogP contribution < -0.4 is 5.32 Å². The van der Waals surface area contributed by atoms with Gasteiger partial charge in [0.25, 0.3) is 5.69 Å². The van der Waals surface area contributed by atoms with Crippen molar-refractivity contribution in [3.63, 3.8) is 0 Å². The molecule has 27 heavy (non-hydrogen) atoms. The van der Waals surface area contributed by atoms with Crippen LogP contribution in [0.3, 0.4) is 0 Å². The van der Waals surface area contributed by atoms with Gasteiger partial charge in [-0.05, 0) is 11.1 Å². The highest BCUT2D eigenvalue weighted by Gasteiger charge is 2.29. The van der Waals surface area contributed by atoms with Crippen molar-refractivity contribution in [1.82, 2.24) is 10.2 Å². The summed E-state index contributed by atoms with van der Waals surface area (Å²) in [7, 11) is 0. The van der Waals surface area contributed by atoms with E-state index in [4.69, 9.17) is 0 Å². The second kappa shape index (κ2) is 8.44. The number of amides is 2. The van der Waals surface area contributed by atoms with E-state index >= 15 is 0 Å². The van der Waals surface area contributed by atoms with Gasteiger partial charge in [-0.25, -0.2) is 0 Å². The van der Waals surface area contributed by atoms with Crippen molar-refractivity contribution >= 4 is 17.5 Å². The second-order valence-corrected chi connectivity index (χ2v) is 6.73. The monoisotopic (exact) mass is 367 g/mol. The summed E-state index contributed by atoms with van der Waals surface area (Å²) >= 11 is 0. The van der Waals surface area contributed by atoms with Crippen LogP contribution in [-0.4, -0.2) is 34.7 Å². The number of nitro benzene ring substituents is 1. The van der Waals surface area contributed by atoms with Gasteiger partial charge in [0.05, 0.1) is 11.3 Å². The number of nitro groups is 1. The van der Waals surface area contributed by atoms with E-state index in [0.717, 1.165) is 5.56 Å². The largest absolute Gasteiger partial charge is 0.355 e.